The molecule has 1 aliphatic heterocycles. The highest BCUT2D eigenvalue weighted by molar-refractivity contribution is 6.00. The van der Waals surface area contributed by atoms with Crippen molar-refractivity contribution in [2.45, 2.75) is 26.3 Å². The van der Waals surface area contributed by atoms with Crippen molar-refractivity contribution in [2.24, 2.45) is 13.0 Å². The first kappa shape index (κ1) is 18.9. The molecular formula is C19H25N5O3. The molecule has 8 heteroatoms. The van der Waals surface area contributed by atoms with Crippen LogP contribution in [0, 0.1) is 16.0 Å². The Balaban J connectivity index is 1.89. The van der Waals surface area contributed by atoms with E-state index in [1.165, 1.54) is 12.1 Å². The first-order chi connectivity index (χ1) is 12.8. The summed E-state index contributed by atoms with van der Waals surface area (Å²) in [7, 11) is 3.53. The van der Waals surface area contributed by atoms with Crippen LogP contribution >= 0.6 is 0 Å². The molecule has 1 saturated heterocycles. The van der Waals surface area contributed by atoms with Crippen molar-refractivity contribution in [3.05, 3.63) is 51.8 Å². The second-order valence-electron chi connectivity index (χ2n) is 7.31. The lowest BCUT2D eigenvalue weighted by molar-refractivity contribution is -0.384. The molecule has 0 bridgehead atoms. The maximum Gasteiger partial charge on any atom is 0.270 e. The quantitative estimate of drug-likeness (QED) is 0.596. The van der Waals surface area contributed by atoms with Gasteiger partial charge < -0.3 is 9.80 Å². The number of amides is 1. The molecule has 1 amide bonds. The Bertz CT molecular complexity index is 840. The summed E-state index contributed by atoms with van der Waals surface area (Å²) in [5.41, 5.74) is 2.00. The minimum Gasteiger partial charge on any atom is -0.371 e. The molecule has 0 unspecified atom stereocenters. The van der Waals surface area contributed by atoms with Crippen LogP contribution in [-0.4, -0.2) is 45.6 Å². The Kier molecular flexibility index (Phi) is 5.43. The molecule has 2 heterocycles. The molecular weight excluding hydrogens is 346 g/mol. The fraction of sp³-hybridized carbons (Fsp3) is 0.474. The average Bonchev–Trinajstić information content (AvgIpc) is 3.06. The van der Waals surface area contributed by atoms with E-state index in [9.17, 15) is 14.9 Å². The predicted molar refractivity (Wildman–Crippen MR) is 103 cm³/mol. The summed E-state index contributed by atoms with van der Waals surface area (Å²) in [5, 5.41) is 15.3. The van der Waals surface area contributed by atoms with Gasteiger partial charge in [-0.3, -0.25) is 19.6 Å². The topological polar surface area (TPSA) is 84.5 Å². The number of nitro groups is 1. The molecule has 1 aromatic carbocycles. The summed E-state index contributed by atoms with van der Waals surface area (Å²) in [6.07, 6.45) is 5.67. The number of nitrogens with zero attached hydrogens (tertiary/aromatic N) is 5. The summed E-state index contributed by atoms with van der Waals surface area (Å²) < 4.78 is 1.68. The molecule has 2 aromatic rings. The van der Waals surface area contributed by atoms with Crippen LogP contribution < -0.4 is 4.90 Å². The van der Waals surface area contributed by atoms with Gasteiger partial charge in [0.05, 0.1) is 22.4 Å². The predicted octanol–water partition coefficient (Wildman–Crippen LogP) is 2.84. The zero-order valence-electron chi connectivity index (χ0n) is 16.0. The van der Waals surface area contributed by atoms with E-state index < -0.39 is 4.92 Å². The Morgan fingerprint density at radius 3 is 2.67 bits per heavy atom. The number of non-ortho nitro benzene ring substituents is 1. The highest BCUT2D eigenvalue weighted by Crippen LogP contribution is 2.30. The second kappa shape index (κ2) is 7.77. The van der Waals surface area contributed by atoms with E-state index in [1.54, 1.807) is 28.9 Å². The van der Waals surface area contributed by atoms with Crippen LogP contribution in [0.1, 0.15) is 35.7 Å². The van der Waals surface area contributed by atoms with Gasteiger partial charge in [0.1, 0.15) is 0 Å². The van der Waals surface area contributed by atoms with E-state index in [0.29, 0.717) is 18.0 Å². The lowest BCUT2D eigenvalue weighted by Gasteiger charge is -2.33. The van der Waals surface area contributed by atoms with Crippen LogP contribution in [-0.2, 0) is 13.6 Å². The summed E-state index contributed by atoms with van der Waals surface area (Å²) in [6.45, 7) is 4.32. The van der Waals surface area contributed by atoms with Crippen LogP contribution in [0.3, 0.4) is 0 Å². The number of rotatable bonds is 5. The van der Waals surface area contributed by atoms with Crippen LogP contribution in [0.25, 0.3) is 0 Å². The molecule has 0 atom stereocenters. The van der Waals surface area contributed by atoms with Gasteiger partial charge in [0.25, 0.3) is 11.6 Å². The highest BCUT2D eigenvalue weighted by atomic mass is 16.6. The number of aryl methyl sites for hydroxylation is 1. The highest BCUT2D eigenvalue weighted by Gasteiger charge is 2.25. The number of carbonyl (C=O) groups is 1. The van der Waals surface area contributed by atoms with Gasteiger partial charge in [0.2, 0.25) is 0 Å². The fourth-order valence-corrected chi connectivity index (χ4v) is 3.44. The van der Waals surface area contributed by atoms with Crippen molar-refractivity contribution < 1.29 is 9.72 Å². The van der Waals surface area contributed by atoms with Crippen LogP contribution in [0.2, 0.25) is 0 Å². The van der Waals surface area contributed by atoms with Crippen molar-refractivity contribution in [1.82, 2.24) is 14.7 Å². The van der Waals surface area contributed by atoms with Crippen molar-refractivity contribution >= 4 is 17.3 Å². The molecule has 0 N–H and O–H groups in total. The maximum absolute atomic E-state index is 13.1. The molecule has 3 rings (SSSR count). The molecule has 1 fully saturated rings. The number of anilines is 1. The standard InChI is InChI=1S/C19H25N5O3/c1-14-6-8-23(9-7-14)18-5-4-16(24(26)27)10-17(18)19(25)21(2)12-15-11-20-22(3)13-15/h4-5,10-11,13-14H,6-9,12H2,1-3H3. The number of carbonyl (C=O) groups excluding carboxylic acids is 1. The summed E-state index contributed by atoms with van der Waals surface area (Å²) in [6, 6.07) is 4.58. The Morgan fingerprint density at radius 1 is 1.37 bits per heavy atom. The van der Waals surface area contributed by atoms with E-state index in [1.807, 2.05) is 13.2 Å². The number of nitro benzene ring substituents is 1. The minimum atomic E-state index is -0.458. The summed E-state index contributed by atoms with van der Waals surface area (Å²) in [5.74, 6) is 0.433. The Hall–Kier alpha value is -2.90. The summed E-state index contributed by atoms with van der Waals surface area (Å²) in [4.78, 5) is 27.6. The first-order valence-electron chi connectivity index (χ1n) is 9.11. The van der Waals surface area contributed by atoms with Gasteiger partial charge in [-0.1, -0.05) is 6.92 Å². The Labute approximate surface area is 158 Å². The van der Waals surface area contributed by atoms with Crippen molar-refractivity contribution in [3.8, 4) is 0 Å². The molecule has 27 heavy (non-hydrogen) atoms. The SMILES string of the molecule is CC1CCN(c2ccc([N+](=O)[O-])cc2C(=O)N(C)Cc2cnn(C)c2)CC1. The van der Waals surface area contributed by atoms with Crippen molar-refractivity contribution in [1.29, 1.82) is 0 Å². The van der Waals surface area contributed by atoms with Gasteiger partial charge in [0, 0.05) is 57.6 Å². The molecule has 0 spiro atoms. The molecule has 144 valence electrons. The third-order valence-corrected chi connectivity index (χ3v) is 5.07. The van der Waals surface area contributed by atoms with Crippen molar-refractivity contribution in [3.63, 3.8) is 0 Å². The fourth-order valence-electron chi connectivity index (χ4n) is 3.44. The second-order valence-corrected chi connectivity index (χ2v) is 7.31. The van der Waals surface area contributed by atoms with Gasteiger partial charge in [-0.2, -0.15) is 5.10 Å². The molecule has 0 saturated carbocycles. The maximum atomic E-state index is 13.1. The number of hydrogen-bond acceptors (Lipinski definition) is 5. The molecule has 1 aromatic heterocycles. The first-order valence-corrected chi connectivity index (χ1v) is 9.11. The van der Waals surface area contributed by atoms with E-state index in [4.69, 9.17) is 0 Å². The molecule has 8 nitrogen and oxygen atoms in total. The number of hydrogen-bond donors (Lipinski definition) is 0. The van der Waals surface area contributed by atoms with Gasteiger partial charge >= 0.3 is 0 Å². The molecule has 0 radical (unpaired) electrons. The van der Waals surface area contributed by atoms with E-state index in [-0.39, 0.29) is 11.6 Å². The number of benzene rings is 1. The minimum absolute atomic E-state index is 0.0674. The number of piperidine rings is 1. The normalized spacial score (nSPS) is 15.0. The lowest BCUT2D eigenvalue weighted by atomic mass is 9.97. The zero-order chi connectivity index (χ0) is 19.6. The monoisotopic (exact) mass is 371 g/mol. The van der Waals surface area contributed by atoms with E-state index >= 15 is 0 Å². The van der Waals surface area contributed by atoms with Crippen LogP contribution in [0.15, 0.2) is 30.6 Å². The summed E-state index contributed by atoms with van der Waals surface area (Å²) >= 11 is 0. The van der Waals surface area contributed by atoms with Crippen LogP contribution in [0.5, 0.6) is 0 Å². The molecule has 0 aliphatic carbocycles. The smallest absolute Gasteiger partial charge is 0.270 e. The third kappa shape index (κ3) is 4.27. The largest absolute Gasteiger partial charge is 0.371 e. The average molecular weight is 371 g/mol. The van der Waals surface area contributed by atoms with Gasteiger partial charge in [-0.05, 0) is 24.8 Å². The van der Waals surface area contributed by atoms with Crippen LogP contribution in [0.4, 0.5) is 11.4 Å². The van der Waals surface area contributed by atoms with E-state index in [0.717, 1.165) is 37.2 Å². The van der Waals surface area contributed by atoms with Crippen molar-refractivity contribution in [2.75, 3.05) is 25.0 Å². The zero-order valence-corrected chi connectivity index (χ0v) is 16.0. The number of aromatic nitrogens is 2. The van der Waals surface area contributed by atoms with Gasteiger partial charge in [-0.15, -0.1) is 0 Å². The molecule has 1 aliphatic rings. The van der Waals surface area contributed by atoms with Gasteiger partial charge in [-0.25, -0.2) is 0 Å². The van der Waals surface area contributed by atoms with Gasteiger partial charge in [0.15, 0.2) is 0 Å². The van der Waals surface area contributed by atoms with E-state index in [2.05, 4.69) is 16.9 Å². The third-order valence-electron chi connectivity index (χ3n) is 5.07. The Morgan fingerprint density at radius 2 is 2.07 bits per heavy atom. The lowest BCUT2D eigenvalue weighted by Crippen LogP contribution is -2.35.